The molecule has 1 aliphatic rings. The van der Waals surface area contributed by atoms with Crippen molar-refractivity contribution in [3.8, 4) is 0 Å². The molecule has 1 aliphatic heterocycles. The summed E-state index contributed by atoms with van der Waals surface area (Å²) in [5.74, 6) is -1.08. The van der Waals surface area contributed by atoms with E-state index >= 15 is 0 Å². The Morgan fingerprint density at radius 2 is 2.08 bits per heavy atom. The van der Waals surface area contributed by atoms with Crippen LogP contribution in [0.15, 0.2) is 40.6 Å². The number of allylic oxidation sites excluding steroid dienone is 1. The first-order valence-corrected chi connectivity index (χ1v) is 7.84. The van der Waals surface area contributed by atoms with Gasteiger partial charge < -0.3 is 4.74 Å². The van der Waals surface area contributed by atoms with Crippen molar-refractivity contribution in [3.05, 3.63) is 51.2 Å². The molecule has 0 amide bonds. The van der Waals surface area contributed by atoms with E-state index < -0.39 is 16.8 Å². The molecule has 1 aromatic rings. The van der Waals surface area contributed by atoms with E-state index in [1.165, 1.54) is 6.07 Å². The first-order valence-electron chi connectivity index (χ1n) is 7.84. The Hall–Kier alpha value is -2.70. The minimum Gasteiger partial charge on any atom is -0.460 e. The topological polar surface area (TPSA) is 93.8 Å². The van der Waals surface area contributed by atoms with Gasteiger partial charge in [0, 0.05) is 17.3 Å². The second kappa shape index (κ2) is 7.25. The summed E-state index contributed by atoms with van der Waals surface area (Å²) in [5, 5.41) is 15.7. The van der Waals surface area contributed by atoms with E-state index in [-0.39, 0.29) is 11.8 Å². The molecule has 0 aliphatic carbocycles. The predicted molar refractivity (Wildman–Crippen MR) is 90.6 cm³/mol. The van der Waals surface area contributed by atoms with Crippen molar-refractivity contribution in [1.82, 2.24) is 5.43 Å². The van der Waals surface area contributed by atoms with Gasteiger partial charge in [0.05, 0.1) is 28.2 Å². The quantitative estimate of drug-likeness (QED) is 0.507. The molecule has 7 nitrogen and oxygen atoms in total. The second-order valence-electron chi connectivity index (χ2n) is 5.81. The lowest BCUT2D eigenvalue weighted by Crippen LogP contribution is -2.31. The molecule has 0 saturated heterocycles. The smallest absolute Gasteiger partial charge is 0.337 e. The minimum absolute atomic E-state index is 0.0341. The summed E-state index contributed by atoms with van der Waals surface area (Å²) in [4.78, 5) is 23.6. The number of rotatable bonds is 5. The predicted octanol–water partition coefficient (Wildman–Crippen LogP) is 3.27. The molecule has 7 heteroatoms. The molecule has 1 atom stereocenters. The molecule has 1 unspecified atom stereocenters. The van der Waals surface area contributed by atoms with Crippen LogP contribution in [-0.2, 0) is 9.53 Å². The number of carbonyl (C=O) groups is 1. The van der Waals surface area contributed by atoms with Crippen LogP contribution in [0, 0.1) is 10.1 Å². The zero-order chi connectivity index (χ0) is 17.9. The minimum atomic E-state index is -0.593. The molecule has 0 saturated carbocycles. The summed E-state index contributed by atoms with van der Waals surface area (Å²) in [6, 6.07) is 6.42. The summed E-state index contributed by atoms with van der Waals surface area (Å²) in [6.45, 7) is 7.14. The van der Waals surface area contributed by atoms with Gasteiger partial charge in [-0.05, 0) is 27.2 Å². The van der Waals surface area contributed by atoms with Gasteiger partial charge in [0.25, 0.3) is 5.69 Å². The monoisotopic (exact) mass is 331 g/mol. The summed E-state index contributed by atoms with van der Waals surface area (Å²) < 4.78 is 5.34. The number of nitro benzene ring substituents is 1. The number of ether oxygens (including phenoxy) is 1. The highest BCUT2D eigenvalue weighted by atomic mass is 16.6. The molecule has 1 N–H and O–H groups in total. The first-order chi connectivity index (χ1) is 11.4. The number of nitro groups is 1. The van der Waals surface area contributed by atoms with Crippen LogP contribution in [0.5, 0.6) is 0 Å². The third-order valence-corrected chi connectivity index (χ3v) is 3.76. The molecule has 128 valence electrons. The number of hydrazone groups is 1. The Balaban J connectivity index is 2.60. The number of hydrogen-bond acceptors (Lipinski definition) is 6. The van der Waals surface area contributed by atoms with Gasteiger partial charge in [-0.15, -0.1) is 0 Å². The van der Waals surface area contributed by atoms with Crippen LogP contribution < -0.4 is 5.43 Å². The number of hydrogen-bond donors (Lipinski definition) is 1. The fourth-order valence-electron chi connectivity index (χ4n) is 2.73. The maximum absolute atomic E-state index is 12.6. The lowest BCUT2D eigenvalue weighted by Gasteiger charge is -2.27. The van der Waals surface area contributed by atoms with Crippen molar-refractivity contribution in [3.63, 3.8) is 0 Å². The lowest BCUT2D eigenvalue weighted by molar-refractivity contribution is -0.385. The van der Waals surface area contributed by atoms with E-state index in [0.717, 1.165) is 0 Å². The van der Waals surface area contributed by atoms with Crippen LogP contribution >= 0.6 is 0 Å². The number of esters is 1. The normalized spacial score (nSPS) is 17.4. The third-order valence-electron chi connectivity index (χ3n) is 3.76. The maximum Gasteiger partial charge on any atom is 0.337 e. The zero-order valence-electron chi connectivity index (χ0n) is 14.2. The fourth-order valence-corrected chi connectivity index (χ4v) is 2.73. The van der Waals surface area contributed by atoms with Gasteiger partial charge in [-0.1, -0.05) is 25.1 Å². The van der Waals surface area contributed by atoms with Crippen LogP contribution in [0.4, 0.5) is 5.69 Å². The number of para-hydroxylation sites is 1. The van der Waals surface area contributed by atoms with E-state index in [1.54, 1.807) is 39.0 Å². The van der Waals surface area contributed by atoms with E-state index in [4.69, 9.17) is 4.74 Å². The summed E-state index contributed by atoms with van der Waals surface area (Å²) in [6.07, 6.45) is 0.267. The Bertz CT molecular complexity index is 722. The van der Waals surface area contributed by atoms with Crippen LogP contribution in [0.1, 0.15) is 45.6 Å². The van der Waals surface area contributed by atoms with Gasteiger partial charge in [-0.2, -0.15) is 5.10 Å². The van der Waals surface area contributed by atoms with Crippen molar-refractivity contribution in [2.24, 2.45) is 5.10 Å². The zero-order valence-corrected chi connectivity index (χ0v) is 14.2. The molecule has 0 spiro atoms. The first kappa shape index (κ1) is 17.7. The third kappa shape index (κ3) is 3.45. The van der Waals surface area contributed by atoms with E-state index in [9.17, 15) is 14.9 Å². The molecular weight excluding hydrogens is 310 g/mol. The molecular formula is C17H21N3O4. The van der Waals surface area contributed by atoms with Crippen LogP contribution in [0.2, 0.25) is 0 Å². The summed E-state index contributed by atoms with van der Waals surface area (Å²) in [7, 11) is 0. The maximum atomic E-state index is 12.6. The molecule has 1 heterocycles. The van der Waals surface area contributed by atoms with Gasteiger partial charge in [0.2, 0.25) is 0 Å². The molecule has 0 aromatic heterocycles. The van der Waals surface area contributed by atoms with Crippen LogP contribution in [0.3, 0.4) is 0 Å². The molecule has 0 radical (unpaired) electrons. The highest BCUT2D eigenvalue weighted by Gasteiger charge is 2.36. The van der Waals surface area contributed by atoms with Crippen molar-refractivity contribution in [2.45, 2.75) is 46.1 Å². The van der Waals surface area contributed by atoms with E-state index in [0.29, 0.717) is 29.0 Å². The van der Waals surface area contributed by atoms with E-state index in [1.807, 2.05) is 6.92 Å². The average Bonchev–Trinajstić information content (AvgIpc) is 2.53. The fraction of sp³-hybridized carbons (Fsp3) is 0.412. The van der Waals surface area contributed by atoms with Gasteiger partial charge in [0.1, 0.15) is 0 Å². The van der Waals surface area contributed by atoms with Crippen molar-refractivity contribution < 1.29 is 14.5 Å². The number of carbonyl (C=O) groups excluding carboxylic acids is 1. The molecule has 2 rings (SSSR count). The van der Waals surface area contributed by atoms with Crippen LogP contribution in [0.25, 0.3) is 0 Å². The molecule has 24 heavy (non-hydrogen) atoms. The average molecular weight is 331 g/mol. The van der Waals surface area contributed by atoms with Crippen molar-refractivity contribution in [1.29, 1.82) is 0 Å². The van der Waals surface area contributed by atoms with Crippen molar-refractivity contribution >= 4 is 17.4 Å². The Morgan fingerprint density at radius 1 is 1.42 bits per heavy atom. The van der Waals surface area contributed by atoms with Gasteiger partial charge >= 0.3 is 5.97 Å². The van der Waals surface area contributed by atoms with Gasteiger partial charge in [-0.3, -0.25) is 15.5 Å². The summed E-state index contributed by atoms with van der Waals surface area (Å²) in [5.41, 5.74) is 4.81. The highest BCUT2D eigenvalue weighted by molar-refractivity contribution is 6.05. The summed E-state index contributed by atoms with van der Waals surface area (Å²) >= 11 is 0. The largest absolute Gasteiger partial charge is 0.460 e. The number of nitrogens with zero attached hydrogens (tertiary/aromatic N) is 2. The van der Waals surface area contributed by atoms with Crippen LogP contribution in [-0.4, -0.2) is 22.7 Å². The SMILES string of the molecule is CCC1=NNC(C)=C(C(=O)OC(C)C)C1c1ccccc1[N+](=O)[O-]. The Kier molecular flexibility index (Phi) is 5.33. The second-order valence-corrected chi connectivity index (χ2v) is 5.81. The Morgan fingerprint density at radius 3 is 2.67 bits per heavy atom. The molecule has 0 fully saturated rings. The van der Waals surface area contributed by atoms with E-state index in [2.05, 4.69) is 10.5 Å². The van der Waals surface area contributed by atoms with Gasteiger partial charge in [-0.25, -0.2) is 4.79 Å². The van der Waals surface area contributed by atoms with Gasteiger partial charge in [0.15, 0.2) is 0 Å². The standard InChI is InChI=1S/C17H21N3O4/c1-5-13-16(12-8-6-7-9-14(12)20(22)23)15(11(4)18-19-13)17(21)24-10(2)3/h6-10,16,18H,5H2,1-4H3. The number of benzene rings is 1. The highest BCUT2D eigenvalue weighted by Crippen LogP contribution is 2.37. The molecule has 1 aromatic carbocycles. The lowest BCUT2D eigenvalue weighted by atomic mass is 9.83. The molecule has 0 bridgehead atoms. The number of nitrogens with one attached hydrogen (secondary N) is 1. The Labute approximate surface area is 140 Å². The van der Waals surface area contributed by atoms with Crippen molar-refractivity contribution in [2.75, 3.05) is 0 Å².